The molecule has 4 heteroatoms. The SMILES string of the molecule is CNCC(c1cn(C)c(-c2ccccc2)n1)N1CCCC1. The number of aryl methyl sites for hydroxylation is 1. The van der Waals surface area contributed by atoms with E-state index in [1.165, 1.54) is 37.2 Å². The minimum atomic E-state index is 0.376. The lowest BCUT2D eigenvalue weighted by atomic mass is 10.2. The molecular formula is C17H24N4. The van der Waals surface area contributed by atoms with Gasteiger partial charge in [0.2, 0.25) is 0 Å². The van der Waals surface area contributed by atoms with Crippen molar-refractivity contribution in [3.63, 3.8) is 0 Å². The normalized spacial score (nSPS) is 17.2. The standard InChI is InChI=1S/C17H24N4/c1-18-12-16(21-10-6-7-11-21)15-13-20(2)17(19-15)14-8-4-3-5-9-14/h3-5,8-9,13,16,18H,6-7,10-12H2,1-2H3. The van der Waals surface area contributed by atoms with E-state index in [-0.39, 0.29) is 0 Å². The number of imidazole rings is 1. The van der Waals surface area contributed by atoms with Gasteiger partial charge in [-0.1, -0.05) is 30.3 Å². The van der Waals surface area contributed by atoms with Crippen molar-refractivity contribution >= 4 is 0 Å². The largest absolute Gasteiger partial charge is 0.334 e. The van der Waals surface area contributed by atoms with Crippen molar-refractivity contribution in [3.05, 3.63) is 42.2 Å². The highest BCUT2D eigenvalue weighted by atomic mass is 15.2. The zero-order valence-corrected chi connectivity index (χ0v) is 12.9. The number of likely N-dealkylation sites (N-methyl/N-ethyl adjacent to an activating group) is 1. The van der Waals surface area contributed by atoms with Crippen molar-refractivity contribution in [2.45, 2.75) is 18.9 Å². The number of benzene rings is 1. The molecule has 2 aromatic rings. The molecule has 0 bridgehead atoms. The van der Waals surface area contributed by atoms with Crippen LogP contribution in [0.25, 0.3) is 11.4 Å². The zero-order valence-electron chi connectivity index (χ0n) is 12.9. The van der Waals surface area contributed by atoms with Gasteiger partial charge in [-0.2, -0.15) is 0 Å². The molecule has 3 rings (SSSR count). The molecule has 0 spiro atoms. The molecule has 1 saturated heterocycles. The van der Waals surface area contributed by atoms with Gasteiger partial charge >= 0.3 is 0 Å². The van der Waals surface area contributed by atoms with Gasteiger partial charge in [-0.05, 0) is 33.0 Å². The fourth-order valence-electron chi connectivity index (χ4n) is 3.17. The smallest absolute Gasteiger partial charge is 0.140 e. The van der Waals surface area contributed by atoms with E-state index in [9.17, 15) is 0 Å². The van der Waals surface area contributed by atoms with Crippen LogP contribution in [-0.4, -0.2) is 41.1 Å². The summed E-state index contributed by atoms with van der Waals surface area (Å²) in [7, 11) is 4.10. The van der Waals surface area contributed by atoms with Crippen LogP contribution in [0.5, 0.6) is 0 Å². The van der Waals surface area contributed by atoms with Gasteiger partial charge in [0.05, 0.1) is 11.7 Å². The van der Waals surface area contributed by atoms with Crippen LogP contribution in [0.3, 0.4) is 0 Å². The summed E-state index contributed by atoms with van der Waals surface area (Å²) in [5, 5.41) is 3.32. The van der Waals surface area contributed by atoms with Crippen LogP contribution in [-0.2, 0) is 7.05 Å². The molecule has 0 aliphatic carbocycles. The van der Waals surface area contributed by atoms with E-state index in [0.717, 1.165) is 12.4 Å². The predicted octanol–water partition coefficient (Wildman–Crippen LogP) is 2.44. The minimum absolute atomic E-state index is 0.376. The van der Waals surface area contributed by atoms with Crippen molar-refractivity contribution < 1.29 is 0 Å². The zero-order chi connectivity index (χ0) is 14.7. The molecule has 112 valence electrons. The fourth-order valence-corrected chi connectivity index (χ4v) is 3.17. The van der Waals surface area contributed by atoms with Crippen LogP contribution in [0, 0.1) is 0 Å². The van der Waals surface area contributed by atoms with E-state index in [1.54, 1.807) is 0 Å². The third-order valence-corrected chi connectivity index (χ3v) is 4.25. The van der Waals surface area contributed by atoms with Crippen LogP contribution in [0.4, 0.5) is 0 Å². The highest BCUT2D eigenvalue weighted by molar-refractivity contribution is 5.55. The van der Waals surface area contributed by atoms with Gasteiger partial charge in [-0.25, -0.2) is 4.98 Å². The molecule has 0 amide bonds. The lowest BCUT2D eigenvalue weighted by molar-refractivity contribution is 0.238. The topological polar surface area (TPSA) is 33.1 Å². The molecule has 1 aliphatic rings. The van der Waals surface area contributed by atoms with Gasteiger partial charge < -0.3 is 9.88 Å². The number of nitrogens with one attached hydrogen (secondary N) is 1. The van der Waals surface area contributed by atoms with Gasteiger partial charge in [0.15, 0.2) is 0 Å². The highest BCUT2D eigenvalue weighted by Gasteiger charge is 2.25. The van der Waals surface area contributed by atoms with E-state index in [4.69, 9.17) is 4.98 Å². The van der Waals surface area contributed by atoms with Gasteiger partial charge in [-0.3, -0.25) is 4.90 Å². The van der Waals surface area contributed by atoms with Crippen molar-refractivity contribution in [1.82, 2.24) is 19.8 Å². The summed E-state index contributed by atoms with van der Waals surface area (Å²) >= 11 is 0. The average molecular weight is 284 g/mol. The third-order valence-electron chi connectivity index (χ3n) is 4.25. The van der Waals surface area contributed by atoms with Crippen LogP contribution in [0.15, 0.2) is 36.5 Å². The van der Waals surface area contributed by atoms with Gasteiger partial charge in [0, 0.05) is 25.4 Å². The monoisotopic (exact) mass is 284 g/mol. The first-order chi connectivity index (χ1) is 10.3. The molecule has 2 heterocycles. The fraction of sp³-hybridized carbons (Fsp3) is 0.471. The second-order valence-corrected chi connectivity index (χ2v) is 5.78. The molecule has 1 atom stereocenters. The maximum absolute atomic E-state index is 4.92. The number of rotatable bonds is 5. The molecule has 1 N–H and O–H groups in total. The summed E-state index contributed by atoms with van der Waals surface area (Å²) in [6, 6.07) is 10.8. The Morgan fingerprint density at radius 2 is 1.90 bits per heavy atom. The Labute approximate surface area is 126 Å². The minimum Gasteiger partial charge on any atom is -0.334 e. The van der Waals surface area contributed by atoms with E-state index in [2.05, 4.69) is 52.3 Å². The van der Waals surface area contributed by atoms with Crippen molar-refractivity contribution in [2.75, 3.05) is 26.7 Å². The Kier molecular flexibility index (Phi) is 4.36. The first-order valence-electron chi connectivity index (χ1n) is 7.77. The molecule has 1 aromatic heterocycles. The Morgan fingerprint density at radius 3 is 2.57 bits per heavy atom. The van der Waals surface area contributed by atoms with Crippen LogP contribution in [0.2, 0.25) is 0 Å². The Morgan fingerprint density at radius 1 is 1.19 bits per heavy atom. The molecule has 1 unspecified atom stereocenters. The van der Waals surface area contributed by atoms with Crippen LogP contribution >= 0.6 is 0 Å². The first kappa shape index (κ1) is 14.3. The maximum Gasteiger partial charge on any atom is 0.140 e. The van der Waals surface area contributed by atoms with E-state index in [1.807, 2.05) is 13.1 Å². The Balaban J connectivity index is 1.90. The van der Waals surface area contributed by atoms with E-state index < -0.39 is 0 Å². The number of hydrogen-bond donors (Lipinski definition) is 1. The maximum atomic E-state index is 4.92. The van der Waals surface area contributed by atoms with Crippen LogP contribution in [0.1, 0.15) is 24.6 Å². The molecule has 0 saturated carbocycles. The number of hydrogen-bond acceptors (Lipinski definition) is 3. The molecule has 21 heavy (non-hydrogen) atoms. The number of nitrogens with zero attached hydrogens (tertiary/aromatic N) is 3. The molecule has 1 fully saturated rings. The van der Waals surface area contributed by atoms with Gasteiger partial charge in [0.1, 0.15) is 5.82 Å². The van der Waals surface area contributed by atoms with Gasteiger partial charge in [0.25, 0.3) is 0 Å². The highest BCUT2D eigenvalue weighted by Crippen LogP contribution is 2.26. The number of likely N-dealkylation sites (tertiary alicyclic amines) is 1. The molecule has 0 radical (unpaired) electrons. The second kappa shape index (κ2) is 6.41. The summed E-state index contributed by atoms with van der Waals surface area (Å²) in [5.74, 6) is 1.05. The van der Waals surface area contributed by atoms with Crippen molar-refractivity contribution in [2.24, 2.45) is 7.05 Å². The summed E-state index contributed by atoms with van der Waals surface area (Å²) in [5.41, 5.74) is 2.35. The van der Waals surface area contributed by atoms with Crippen molar-refractivity contribution in [1.29, 1.82) is 0 Å². The molecule has 4 nitrogen and oxygen atoms in total. The van der Waals surface area contributed by atoms with Crippen molar-refractivity contribution in [3.8, 4) is 11.4 Å². The van der Waals surface area contributed by atoms with Gasteiger partial charge in [-0.15, -0.1) is 0 Å². The lowest BCUT2D eigenvalue weighted by Crippen LogP contribution is -2.33. The van der Waals surface area contributed by atoms with Crippen LogP contribution < -0.4 is 5.32 Å². The predicted molar refractivity (Wildman–Crippen MR) is 86.1 cm³/mol. The molecular weight excluding hydrogens is 260 g/mol. The second-order valence-electron chi connectivity index (χ2n) is 5.78. The third kappa shape index (κ3) is 3.01. The average Bonchev–Trinajstić information content (AvgIpc) is 3.15. The van der Waals surface area contributed by atoms with E-state index >= 15 is 0 Å². The summed E-state index contributed by atoms with van der Waals surface area (Å²) < 4.78 is 2.14. The molecule has 1 aliphatic heterocycles. The summed E-state index contributed by atoms with van der Waals surface area (Å²) in [6.07, 6.45) is 4.79. The summed E-state index contributed by atoms with van der Waals surface area (Å²) in [4.78, 5) is 7.47. The quantitative estimate of drug-likeness (QED) is 0.915. The molecule has 1 aromatic carbocycles. The lowest BCUT2D eigenvalue weighted by Gasteiger charge is -2.25. The first-order valence-corrected chi connectivity index (χ1v) is 7.77. The number of aromatic nitrogens is 2. The Hall–Kier alpha value is -1.65. The van der Waals surface area contributed by atoms with E-state index in [0.29, 0.717) is 6.04 Å². The summed E-state index contributed by atoms with van der Waals surface area (Å²) in [6.45, 7) is 3.32. The Bertz CT molecular complexity index is 570.